The number of hydrogen-bond acceptors (Lipinski definition) is 4. The molecule has 20 heavy (non-hydrogen) atoms. The Labute approximate surface area is 129 Å². The molecule has 0 amide bonds. The summed E-state index contributed by atoms with van der Waals surface area (Å²) in [6.07, 6.45) is -0.287. The van der Waals surface area contributed by atoms with Crippen molar-refractivity contribution in [1.82, 2.24) is 15.1 Å². The summed E-state index contributed by atoms with van der Waals surface area (Å²) in [7, 11) is 2.06. The van der Waals surface area contributed by atoms with Crippen molar-refractivity contribution >= 4 is 15.9 Å². The lowest BCUT2D eigenvalue weighted by atomic mass is 10.2. The van der Waals surface area contributed by atoms with Gasteiger partial charge in [-0.25, -0.2) is 0 Å². The summed E-state index contributed by atoms with van der Waals surface area (Å²) in [6.45, 7) is 6.46. The van der Waals surface area contributed by atoms with Gasteiger partial charge in [-0.3, -0.25) is 9.80 Å². The molecule has 4 nitrogen and oxygen atoms in total. The Bertz CT molecular complexity index is 410. The van der Waals surface area contributed by atoms with Gasteiger partial charge in [0, 0.05) is 50.3 Å². The third-order valence-electron chi connectivity index (χ3n) is 3.54. The molecule has 1 aliphatic rings. The van der Waals surface area contributed by atoms with Crippen LogP contribution in [0.4, 0.5) is 0 Å². The molecule has 1 unspecified atom stereocenters. The van der Waals surface area contributed by atoms with Crippen molar-refractivity contribution in [2.24, 2.45) is 0 Å². The maximum Gasteiger partial charge on any atom is 0.0793 e. The fourth-order valence-corrected chi connectivity index (χ4v) is 3.07. The number of β-amino-alcohol motifs (C(OH)–C–C–N with tert-alkyl or cyclic N) is 1. The van der Waals surface area contributed by atoms with Crippen molar-refractivity contribution in [2.75, 3.05) is 46.3 Å². The second-order valence-electron chi connectivity index (χ2n) is 5.53. The van der Waals surface area contributed by atoms with E-state index in [0.717, 1.165) is 43.7 Å². The number of aliphatic hydroxyl groups is 1. The van der Waals surface area contributed by atoms with Crippen molar-refractivity contribution in [3.05, 3.63) is 34.3 Å². The molecule has 1 aromatic rings. The van der Waals surface area contributed by atoms with Crippen LogP contribution in [0.15, 0.2) is 28.7 Å². The molecule has 0 aliphatic carbocycles. The van der Waals surface area contributed by atoms with Crippen molar-refractivity contribution in [3.8, 4) is 0 Å². The van der Waals surface area contributed by atoms with E-state index < -0.39 is 0 Å². The van der Waals surface area contributed by atoms with E-state index in [0.29, 0.717) is 6.54 Å². The highest BCUT2D eigenvalue weighted by Crippen LogP contribution is 2.13. The normalized spacial score (nSPS) is 18.4. The second kappa shape index (κ2) is 8.10. The molecule has 1 aliphatic heterocycles. The topological polar surface area (TPSA) is 38.7 Å². The highest BCUT2D eigenvalue weighted by Gasteiger charge is 2.15. The number of nitrogens with zero attached hydrogens (tertiary/aromatic N) is 2. The Morgan fingerprint density at radius 2 is 2.15 bits per heavy atom. The Morgan fingerprint density at radius 1 is 1.40 bits per heavy atom. The number of hydrogen-bond donors (Lipinski definition) is 2. The fourth-order valence-electron chi connectivity index (χ4n) is 2.62. The van der Waals surface area contributed by atoms with E-state index in [-0.39, 0.29) is 6.10 Å². The van der Waals surface area contributed by atoms with Crippen LogP contribution in [0.25, 0.3) is 0 Å². The van der Waals surface area contributed by atoms with Crippen LogP contribution in [-0.4, -0.2) is 67.3 Å². The molecule has 112 valence electrons. The average molecular weight is 342 g/mol. The largest absolute Gasteiger partial charge is 0.390 e. The van der Waals surface area contributed by atoms with E-state index >= 15 is 0 Å². The Hall–Kier alpha value is -0.460. The molecular weight excluding hydrogens is 318 g/mol. The molecule has 1 fully saturated rings. The first-order valence-electron chi connectivity index (χ1n) is 7.17. The van der Waals surface area contributed by atoms with Crippen molar-refractivity contribution in [2.45, 2.75) is 12.6 Å². The predicted molar refractivity (Wildman–Crippen MR) is 85.8 cm³/mol. The van der Waals surface area contributed by atoms with Gasteiger partial charge in [0.1, 0.15) is 0 Å². The summed E-state index contributed by atoms with van der Waals surface area (Å²) in [5.74, 6) is 0. The molecule has 5 heteroatoms. The molecule has 0 saturated carbocycles. The van der Waals surface area contributed by atoms with Gasteiger partial charge in [-0.1, -0.05) is 28.1 Å². The highest BCUT2D eigenvalue weighted by atomic mass is 79.9. The monoisotopic (exact) mass is 341 g/mol. The summed E-state index contributed by atoms with van der Waals surface area (Å²) in [5.41, 5.74) is 1.26. The zero-order valence-corrected chi connectivity index (χ0v) is 13.6. The molecule has 1 atom stereocenters. The van der Waals surface area contributed by atoms with Crippen LogP contribution in [0.5, 0.6) is 0 Å². The standard InChI is InChI=1S/C15H24BrN3O/c1-18(10-13-3-2-4-14(16)9-13)11-15(20)12-19-7-5-17-6-8-19/h2-4,9,15,17,20H,5-8,10-12H2,1H3. The maximum absolute atomic E-state index is 10.2. The number of nitrogens with one attached hydrogen (secondary N) is 1. The van der Waals surface area contributed by atoms with Gasteiger partial charge >= 0.3 is 0 Å². The number of benzene rings is 1. The Kier molecular flexibility index (Phi) is 6.45. The quantitative estimate of drug-likeness (QED) is 0.814. The summed E-state index contributed by atoms with van der Waals surface area (Å²) < 4.78 is 1.10. The average Bonchev–Trinajstić information content (AvgIpc) is 2.39. The first-order valence-corrected chi connectivity index (χ1v) is 7.97. The summed E-state index contributed by atoms with van der Waals surface area (Å²) >= 11 is 3.49. The molecule has 2 N–H and O–H groups in total. The molecule has 1 heterocycles. The molecule has 0 aromatic heterocycles. The lowest BCUT2D eigenvalue weighted by Crippen LogP contribution is -2.47. The van der Waals surface area contributed by atoms with Gasteiger partial charge in [0.25, 0.3) is 0 Å². The van der Waals surface area contributed by atoms with Gasteiger partial charge in [-0.15, -0.1) is 0 Å². The highest BCUT2D eigenvalue weighted by molar-refractivity contribution is 9.10. The van der Waals surface area contributed by atoms with E-state index in [1.54, 1.807) is 0 Å². The van der Waals surface area contributed by atoms with Gasteiger partial charge in [0.2, 0.25) is 0 Å². The second-order valence-corrected chi connectivity index (χ2v) is 6.45. The molecule has 0 radical (unpaired) electrons. The summed E-state index contributed by atoms with van der Waals surface area (Å²) in [4.78, 5) is 4.50. The van der Waals surface area contributed by atoms with Crippen molar-refractivity contribution in [3.63, 3.8) is 0 Å². The van der Waals surface area contributed by atoms with Gasteiger partial charge in [-0.2, -0.15) is 0 Å². The van der Waals surface area contributed by atoms with Crippen LogP contribution in [0.1, 0.15) is 5.56 Å². The SMILES string of the molecule is CN(Cc1cccc(Br)c1)CC(O)CN1CCNCC1. The van der Waals surface area contributed by atoms with Gasteiger partial charge in [-0.05, 0) is 24.7 Å². The first kappa shape index (κ1) is 15.9. The minimum absolute atomic E-state index is 0.287. The zero-order chi connectivity index (χ0) is 14.4. The predicted octanol–water partition coefficient (Wildman–Crippen LogP) is 1.15. The van der Waals surface area contributed by atoms with E-state index in [4.69, 9.17) is 0 Å². The molecule has 1 aromatic carbocycles. The molecule has 0 bridgehead atoms. The van der Waals surface area contributed by atoms with Crippen LogP contribution in [0.2, 0.25) is 0 Å². The lowest BCUT2D eigenvalue weighted by molar-refractivity contribution is 0.0752. The smallest absolute Gasteiger partial charge is 0.0793 e. The van der Waals surface area contributed by atoms with Gasteiger partial charge in [0.05, 0.1) is 6.10 Å². The summed E-state index contributed by atoms with van der Waals surface area (Å²) in [5, 5.41) is 13.5. The third-order valence-corrected chi connectivity index (χ3v) is 4.04. The van der Waals surface area contributed by atoms with Crippen LogP contribution in [-0.2, 0) is 6.54 Å². The minimum atomic E-state index is -0.287. The van der Waals surface area contributed by atoms with E-state index in [9.17, 15) is 5.11 Å². The fraction of sp³-hybridized carbons (Fsp3) is 0.600. The van der Waals surface area contributed by atoms with Crippen molar-refractivity contribution < 1.29 is 5.11 Å². The number of likely N-dealkylation sites (N-methyl/N-ethyl adjacent to an activating group) is 1. The molecular formula is C15H24BrN3O. The zero-order valence-electron chi connectivity index (χ0n) is 12.1. The van der Waals surface area contributed by atoms with Crippen LogP contribution < -0.4 is 5.32 Å². The van der Waals surface area contributed by atoms with E-state index in [1.165, 1.54) is 5.56 Å². The molecule has 0 spiro atoms. The van der Waals surface area contributed by atoms with Gasteiger partial charge in [0.15, 0.2) is 0 Å². The number of aliphatic hydroxyl groups excluding tert-OH is 1. The van der Waals surface area contributed by atoms with E-state index in [2.05, 4.69) is 50.2 Å². The number of rotatable bonds is 6. The Morgan fingerprint density at radius 3 is 2.85 bits per heavy atom. The Balaban J connectivity index is 1.74. The number of halogens is 1. The van der Waals surface area contributed by atoms with Crippen LogP contribution >= 0.6 is 15.9 Å². The van der Waals surface area contributed by atoms with Crippen molar-refractivity contribution in [1.29, 1.82) is 0 Å². The molecule has 1 saturated heterocycles. The maximum atomic E-state index is 10.2. The lowest BCUT2D eigenvalue weighted by Gasteiger charge is -2.30. The van der Waals surface area contributed by atoms with Crippen LogP contribution in [0, 0.1) is 0 Å². The summed E-state index contributed by atoms with van der Waals surface area (Å²) in [6, 6.07) is 8.32. The first-order chi connectivity index (χ1) is 9.63. The van der Waals surface area contributed by atoms with Crippen LogP contribution in [0.3, 0.4) is 0 Å². The minimum Gasteiger partial charge on any atom is -0.390 e. The number of piperazine rings is 1. The molecule has 2 rings (SSSR count). The van der Waals surface area contributed by atoms with E-state index in [1.807, 2.05) is 12.1 Å². The van der Waals surface area contributed by atoms with Gasteiger partial charge < -0.3 is 10.4 Å². The third kappa shape index (κ3) is 5.50.